The minimum Gasteiger partial charge on any atom is -0.377 e. The van der Waals surface area contributed by atoms with E-state index in [1.165, 1.54) is 36.8 Å². The van der Waals surface area contributed by atoms with Crippen LogP contribution in [-0.2, 0) is 9.59 Å². The lowest BCUT2D eigenvalue weighted by atomic mass is 9.49. The summed E-state index contributed by atoms with van der Waals surface area (Å²) < 4.78 is 0. The molecule has 0 radical (unpaired) electrons. The summed E-state index contributed by atoms with van der Waals surface area (Å²) in [6.45, 7) is 4.43. The van der Waals surface area contributed by atoms with Crippen LogP contribution in [0, 0.1) is 82.9 Å². The molecular weight excluding hydrogens is 568 g/mol. The van der Waals surface area contributed by atoms with Crippen molar-refractivity contribution in [1.82, 2.24) is 0 Å². The van der Waals surface area contributed by atoms with Crippen molar-refractivity contribution in [3.8, 4) is 24.7 Å². The Balaban J connectivity index is 0.000000147. The normalized spacial score (nSPS) is 48.7. The highest BCUT2D eigenvalue weighted by Crippen LogP contribution is 2.67. The molecule has 4 nitrogen and oxygen atoms in total. The number of allylic oxidation sites excluding steroid dienone is 2. The molecule has 0 heterocycles. The molecule has 2 N–H and O–H groups in total. The Hall–Kier alpha value is -2.14. The number of hydrogen-bond donors (Lipinski definition) is 2. The van der Waals surface area contributed by atoms with Gasteiger partial charge in [-0.15, -0.1) is 12.8 Å². The van der Waals surface area contributed by atoms with Gasteiger partial charge in [-0.3, -0.25) is 9.59 Å². The third kappa shape index (κ3) is 4.56. The number of aliphatic hydroxyl groups is 2. The fourth-order valence-electron chi connectivity index (χ4n) is 13.9. The van der Waals surface area contributed by atoms with E-state index in [0.29, 0.717) is 58.9 Å². The lowest BCUT2D eigenvalue weighted by molar-refractivity contribution is -0.118. The average Bonchev–Trinajstić information content (AvgIpc) is 3.56. The quantitative estimate of drug-likeness (QED) is 0.308. The molecule has 6 fully saturated rings. The summed E-state index contributed by atoms with van der Waals surface area (Å²) in [5.74, 6) is 11.5. The summed E-state index contributed by atoms with van der Waals surface area (Å²) >= 11 is 0. The fraction of sp³-hybridized carbons (Fsp3) is 0.762. The number of carbonyl (C=O) groups excluding carboxylic acids is 2. The van der Waals surface area contributed by atoms with Gasteiger partial charge in [0, 0.05) is 23.7 Å². The second-order valence-electron chi connectivity index (χ2n) is 16.8. The summed E-state index contributed by atoms with van der Waals surface area (Å²) in [7, 11) is 0. The van der Waals surface area contributed by atoms with E-state index in [4.69, 9.17) is 12.8 Å². The lowest BCUT2D eigenvalue weighted by Crippen LogP contribution is -2.53. The zero-order valence-corrected chi connectivity index (χ0v) is 28.4. The number of ketones is 2. The van der Waals surface area contributed by atoms with Crippen molar-refractivity contribution in [3.63, 3.8) is 0 Å². The lowest BCUT2D eigenvalue weighted by Gasteiger charge is -2.55. The van der Waals surface area contributed by atoms with Gasteiger partial charge in [-0.1, -0.05) is 36.8 Å². The fourth-order valence-corrected chi connectivity index (χ4v) is 13.9. The van der Waals surface area contributed by atoms with Crippen LogP contribution in [0.5, 0.6) is 0 Å². The first-order valence-corrected chi connectivity index (χ1v) is 19.0. The zero-order chi connectivity index (χ0) is 32.5. The second-order valence-corrected chi connectivity index (χ2v) is 16.8. The predicted molar refractivity (Wildman–Crippen MR) is 181 cm³/mol. The smallest absolute Gasteiger partial charge is 0.155 e. The van der Waals surface area contributed by atoms with E-state index in [-0.39, 0.29) is 10.8 Å². The van der Waals surface area contributed by atoms with Crippen LogP contribution in [0.4, 0.5) is 0 Å². The predicted octanol–water partition coefficient (Wildman–Crippen LogP) is 7.77. The van der Waals surface area contributed by atoms with Crippen LogP contribution in [0.25, 0.3) is 0 Å². The molecule has 0 saturated heterocycles. The molecule has 0 aliphatic heterocycles. The topological polar surface area (TPSA) is 74.6 Å². The molecule has 0 aromatic rings. The number of rotatable bonds is 2. The SMILES string of the molecule is C#CC1(O)CC[C@H]2[C@@H]3CCC4=CC(=O)CC[C@@H]4[C@H]3CC[C@@]21CC.C#C[C@]1(O)CC[C@H]2[C@@H]3CCC4=CC(=O)CC[C@@H]4[C@H]3CC[C@@]21CC. The van der Waals surface area contributed by atoms with Crippen LogP contribution in [0.2, 0.25) is 0 Å². The van der Waals surface area contributed by atoms with E-state index in [2.05, 4.69) is 25.7 Å². The van der Waals surface area contributed by atoms with E-state index < -0.39 is 11.2 Å². The summed E-state index contributed by atoms with van der Waals surface area (Å²) in [6, 6.07) is 0. The van der Waals surface area contributed by atoms with Crippen LogP contribution < -0.4 is 0 Å². The van der Waals surface area contributed by atoms with E-state index in [0.717, 1.165) is 89.9 Å². The third-order valence-electron chi connectivity index (χ3n) is 16.0. The summed E-state index contributed by atoms with van der Waals surface area (Å²) in [5, 5.41) is 22.2. The molecule has 0 aromatic carbocycles. The Bertz CT molecular complexity index is 1300. The number of hydrogen-bond acceptors (Lipinski definition) is 4. The number of fused-ring (bicyclic) bond motifs is 10. The molecule has 0 amide bonds. The maximum atomic E-state index is 11.8. The third-order valence-corrected chi connectivity index (χ3v) is 16.0. The van der Waals surface area contributed by atoms with Gasteiger partial charge in [-0.2, -0.15) is 0 Å². The molecule has 8 aliphatic carbocycles. The van der Waals surface area contributed by atoms with Crippen molar-refractivity contribution in [3.05, 3.63) is 23.3 Å². The van der Waals surface area contributed by atoms with E-state index in [1.54, 1.807) is 0 Å². The van der Waals surface area contributed by atoms with Gasteiger partial charge >= 0.3 is 0 Å². The van der Waals surface area contributed by atoms with E-state index in [9.17, 15) is 19.8 Å². The Kier molecular flexibility index (Phi) is 8.30. The second kappa shape index (κ2) is 11.8. The van der Waals surface area contributed by atoms with Gasteiger partial charge in [0.25, 0.3) is 0 Å². The highest BCUT2D eigenvalue weighted by molar-refractivity contribution is 5.91. The molecule has 0 spiro atoms. The highest BCUT2D eigenvalue weighted by atomic mass is 16.3. The van der Waals surface area contributed by atoms with Crippen molar-refractivity contribution in [2.45, 2.75) is 141 Å². The summed E-state index contributed by atoms with van der Waals surface area (Å²) in [6.07, 6.45) is 33.8. The van der Waals surface area contributed by atoms with Crippen molar-refractivity contribution in [1.29, 1.82) is 0 Å². The van der Waals surface area contributed by atoms with Crippen LogP contribution in [0.15, 0.2) is 23.3 Å². The molecule has 8 rings (SSSR count). The summed E-state index contributed by atoms with van der Waals surface area (Å²) in [5.41, 5.74) is 0.948. The van der Waals surface area contributed by atoms with Crippen LogP contribution >= 0.6 is 0 Å². The van der Waals surface area contributed by atoms with Crippen LogP contribution in [0.1, 0.15) is 129 Å². The van der Waals surface area contributed by atoms with E-state index >= 15 is 0 Å². The molecule has 6 saturated carbocycles. The van der Waals surface area contributed by atoms with Gasteiger partial charge in [0.05, 0.1) is 0 Å². The van der Waals surface area contributed by atoms with Gasteiger partial charge in [0.15, 0.2) is 11.6 Å². The Morgan fingerprint density at radius 1 is 0.609 bits per heavy atom. The first-order valence-electron chi connectivity index (χ1n) is 19.0. The monoisotopic (exact) mass is 624 g/mol. The van der Waals surface area contributed by atoms with E-state index in [1.807, 2.05) is 12.2 Å². The minimum absolute atomic E-state index is 0.0609. The van der Waals surface area contributed by atoms with Gasteiger partial charge in [-0.05, 0) is 162 Å². The molecule has 0 bridgehead atoms. The molecule has 46 heavy (non-hydrogen) atoms. The van der Waals surface area contributed by atoms with Crippen molar-refractivity contribution < 1.29 is 19.8 Å². The molecular formula is C42H56O4. The van der Waals surface area contributed by atoms with Gasteiger partial charge in [0.1, 0.15) is 11.2 Å². The first kappa shape index (κ1) is 32.4. The Morgan fingerprint density at radius 3 is 1.39 bits per heavy atom. The first-order chi connectivity index (χ1) is 22.1. The van der Waals surface area contributed by atoms with Gasteiger partial charge in [0.2, 0.25) is 0 Å². The number of terminal acetylenes is 2. The molecule has 8 aliphatic rings. The summed E-state index contributed by atoms with van der Waals surface area (Å²) in [4.78, 5) is 23.5. The largest absolute Gasteiger partial charge is 0.377 e. The molecule has 4 heteroatoms. The molecule has 1 unspecified atom stereocenters. The zero-order valence-electron chi connectivity index (χ0n) is 28.4. The van der Waals surface area contributed by atoms with Gasteiger partial charge in [-0.25, -0.2) is 0 Å². The van der Waals surface area contributed by atoms with Crippen LogP contribution in [0.3, 0.4) is 0 Å². The maximum Gasteiger partial charge on any atom is 0.155 e. The highest BCUT2D eigenvalue weighted by Gasteiger charge is 2.64. The van der Waals surface area contributed by atoms with Crippen molar-refractivity contribution in [2.24, 2.45) is 58.2 Å². The molecule has 12 atom stereocenters. The van der Waals surface area contributed by atoms with Gasteiger partial charge < -0.3 is 10.2 Å². The minimum atomic E-state index is -0.893. The Labute approximate surface area is 277 Å². The molecule has 0 aromatic heterocycles. The van der Waals surface area contributed by atoms with Crippen LogP contribution in [-0.4, -0.2) is 33.0 Å². The average molecular weight is 625 g/mol. The maximum absolute atomic E-state index is 11.8. The number of carbonyl (C=O) groups is 2. The van der Waals surface area contributed by atoms with Crippen molar-refractivity contribution in [2.75, 3.05) is 0 Å². The standard InChI is InChI=1S/2C21H28O2/c2*1-3-20-11-9-17-16-8-6-15(22)13-14(16)5-7-18(17)19(20)10-12-21(20,23)4-2/h2*2,13,16-19,23H,3,5-12H2,1H3/t16-,17+,18+,19-,20-,21?;16-,17+,18+,19-,20-,21-/m00/s1. The van der Waals surface area contributed by atoms with Crippen molar-refractivity contribution >= 4 is 11.6 Å². The Morgan fingerprint density at radius 2 is 1.02 bits per heavy atom. The molecule has 248 valence electrons.